The van der Waals surface area contributed by atoms with Crippen LogP contribution in [0, 0.1) is 0 Å². The fourth-order valence-electron chi connectivity index (χ4n) is 3.22. The van der Waals surface area contributed by atoms with Gasteiger partial charge < -0.3 is 9.47 Å². The van der Waals surface area contributed by atoms with Gasteiger partial charge in [-0.05, 0) is 48.5 Å². The van der Waals surface area contributed by atoms with Crippen molar-refractivity contribution < 1.29 is 28.2 Å². The van der Waals surface area contributed by atoms with E-state index >= 15 is 0 Å². The SMILES string of the molecule is COC(=O)c1ccc(-n2cc[n+](C[n+]3ccn(-c4ccc(C(=O)OC)cc4)c3)c2)cc1. The Morgan fingerprint density at radius 1 is 0.710 bits per heavy atom. The van der Waals surface area contributed by atoms with Gasteiger partial charge in [-0.15, -0.1) is 0 Å². The van der Waals surface area contributed by atoms with Gasteiger partial charge in [-0.3, -0.25) is 0 Å². The molecule has 0 saturated heterocycles. The number of ether oxygens (including phenoxy) is 2. The van der Waals surface area contributed by atoms with Crippen molar-refractivity contribution >= 4 is 11.9 Å². The minimum Gasteiger partial charge on any atom is -0.465 e. The monoisotopic (exact) mass is 418 g/mol. The van der Waals surface area contributed by atoms with Crippen molar-refractivity contribution in [3.8, 4) is 11.4 Å². The largest absolute Gasteiger partial charge is 0.465 e. The quantitative estimate of drug-likeness (QED) is 0.354. The molecule has 0 aliphatic carbocycles. The van der Waals surface area contributed by atoms with E-state index in [1.165, 1.54) is 14.2 Å². The number of hydrogen-bond acceptors (Lipinski definition) is 4. The summed E-state index contributed by atoms with van der Waals surface area (Å²) >= 11 is 0. The van der Waals surface area contributed by atoms with Crippen molar-refractivity contribution in [2.24, 2.45) is 0 Å². The highest BCUT2D eigenvalue weighted by atomic mass is 16.5. The second-order valence-electron chi connectivity index (χ2n) is 6.89. The van der Waals surface area contributed by atoms with E-state index in [1.807, 2.05) is 80.0 Å². The zero-order valence-electron chi connectivity index (χ0n) is 17.2. The molecule has 0 N–H and O–H groups in total. The average Bonchev–Trinajstić information content (AvgIpc) is 3.48. The van der Waals surface area contributed by atoms with E-state index in [-0.39, 0.29) is 11.9 Å². The maximum atomic E-state index is 11.6. The van der Waals surface area contributed by atoms with Crippen LogP contribution in [-0.4, -0.2) is 35.3 Å². The molecule has 2 aromatic heterocycles. The Labute approximate surface area is 179 Å². The van der Waals surface area contributed by atoms with Crippen LogP contribution in [0.2, 0.25) is 0 Å². The van der Waals surface area contributed by atoms with Crippen molar-refractivity contribution in [2.75, 3.05) is 14.2 Å². The minimum atomic E-state index is -0.352. The summed E-state index contributed by atoms with van der Waals surface area (Å²) in [5.41, 5.74) is 2.92. The molecule has 0 aliphatic heterocycles. The first-order valence-corrected chi connectivity index (χ1v) is 9.59. The minimum absolute atomic E-state index is 0.352. The van der Waals surface area contributed by atoms with Gasteiger partial charge in [-0.1, -0.05) is 0 Å². The van der Waals surface area contributed by atoms with Crippen LogP contribution in [0.3, 0.4) is 0 Å². The Hall–Kier alpha value is -4.20. The summed E-state index contributed by atoms with van der Waals surface area (Å²) in [6, 6.07) is 14.5. The predicted octanol–water partition coefficient (Wildman–Crippen LogP) is 1.92. The highest BCUT2D eigenvalue weighted by molar-refractivity contribution is 5.89. The molecule has 0 bridgehead atoms. The Morgan fingerprint density at radius 3 is 1.45 bits per heavy atom. The van der Waals surface area contributed by atoms with Gasteiger partial charge in [-0.2, -0.15) is 9.13 Å². The van der Waals surface area contributed by atoms with E-state index < -0.39 is 0 Å². The molecule has 0 saturated carbocycles. The number of carbonyl (C=O) groups is 2. The highest BCUT2D eigenvalue weighted by Crippen LogP contribution is 2.11. The molecule has 4 aromatic rings. The highest BCUT2D eigenvalue weighted by Gasteiger charge is 2.13. The van der Waals surface area contributed by atoms with Crippen LogP contribution in [0.15, 0.2) is 86.0 Å². The van der Waals surface area contributed by atoms with Crippen LogP contribution in [-0.2, 0) is 16.1 Å². The van der Waals surface area contributed by atoms with Crippen LogP contribution >= 0.6 is 0 Å². The van der Waals surface area contributed by atoms with E-state index in [2.05, 4.69) is 0 Å². The third-order valence-electron chi connectivity index (χ3n) is 4.88. The lowest BCUT2D eigenvalue weighted by Crippen LogP contribution is -2.49. The summed E-state index contributed by atoms with van der Waals surface area (Å²) < 4.78 is 17.5. The average molecular weight is 418 g/mol. The van der Waals surface area contributed by atoms with Crippen LogP contribution in [0.25, 0.3) is 11.4 Å². The van der Waals surface area contributed by atoms with Crippen LogP contribution in [0.5, 0.6) is 0 Å². The van der Waals surface area contributed by atoms with Gasteiger partial charge in [0.2, 0.25) is 6.67 Å². The van der Waals surface area contributed by atoms with Crippen molar-refractivity contribution in [3.63, 3.8) is 0 Å². The number of aromatic nitrogens is 4. The number of hydrogen-bond donors (Lipinski definition) is 0. The van der Waals surface area contributed by atoms with Gasteiger partial charge in [0.15, 0.2) is 0 Å². The molecule has 2 heterocycles. The molecule has 0 atom stereocenters. The van der Waals surface area contributed by atoms with E-state index in [4.69, 9.17) is 9.47 Å². The summed E-state index contributed by atoms with van der Waals surface area (Å²) in [6.07, 6.45) is 11.8. The van der Waals surface area contributed by atoms with Crippen molar-refractivity contribution in [3.05, 3.63) is 97.1 Å². The smallest absolute Gasteiger partial charge is 0.337 e. The van der Waals surface area contributed by atoms with E-state index in [1.54, 1.807) is 24.3 Å². The number of methoxy groups -OCH3 is 2. The number of benzene rings is 2. The Balaban J connectivity index is 1.45. The lowest BCUT2D eigenvalue weighted by atomic mass is 10.2. The summed E-state index contributed by atoms with van der Waals surface area (Å²) in [7, 11) is 2.74. The zero-order valence-corrected chi connectivity index (χ0v) is 17.2. The van der Waals surface area contributed by atoms with Gasteiger partial charge in [0, 0.05) is 0 Å². The standard InChI is InChI=1S/C23H22N4O4/c1-30-22(28)18-3-7-20(8-4-18)26-13-11-24(16-26)15-25-12-14-27(17-25)21-9-5-19(6-10-21)23(29)31-2/h3-14,16-17H,15H2,1-2H3/q+2. The molecule has 8 heteroatoms. The maximum Gasteiger partial charge on any atom is 0.337 e. The fourth-order valence-corrected chi connectivity index (χ4v) is 3.22. The molecular formula is C23H22N4O4+2. The predicted molar refractivity (Wildman–Crippen MR) is 110 cm³/mol. The van der Waals surface area contributed by atoms with Gasteiger partial charge in [0.05, 0.1) is 25.3 Å². The lowest BCUT2D eigenvalue weighted by Gasteiger charge is -2.00. The molecule has 8 nitrogen and oxygen atoms in total. The molecule has 4 rings (SSSR count). The molecular weight excluding hydrogens is 396 g/mol. The van der Waals surface area contributed by atoms with Crippen molar-refractivity contribution in [1.82, 2.24) is 9.13 Å². The van der Waals surface area contributed by atoms with Gasteiger partial charge >= 0.3 is 11.9 Å². The second kappa shape index (κ2) is 8.66. The van der Waals surface area contributed by atoms with Gasteiger partial charge in [-0.25, -0.2) is 18.7 Å². The molecule has 0 spiro atoms. The fraction of sp³-hybridized carbons (Fsp3) is 0.130. The third-order valence-corrected chi connectivity index (χ3v) is 4.88. The lowest BCUT2D eigenvalue weighted by molar-refractivity contribution is -0.912. The molecule has 0 fully saturated rings. The first-order chi connectivity index (χ1) is 15.1. The topological polar surface area (TPSA) is 70.2 Å². The molecule has 156 valence electrons. The maximum absolute atomic E-state index is 11.6. The molecule has 0 aliphatic rings. The summed E-state index contributed by atoms with van der Waals surface area (Å²) in [5, 5.41) is 0. The Morgan fingerprint density at radius 2 is 1.10 bits per heavy atom. The number of rotatable bonds is 6. The van der Waals surface area contributed by atoms with Crippen molar-refractivity contribution in [1.29, 1.82) is 0 Å². The van der Waals surface area contributed by atoms with E-state index in [0.717, 1.165) is 11.4 Å². The number of nitrogens with zero attached hydrogens (tertiary/aromatic N) is 4. The van der Waals surface area contributed by atoms with Gasteiger partial charge in [0.25, 0.3) is 12.7 Å². The molecule has 31 heavy (non-hydrogen) atoms. The van der Waals surface area contributed by atoms with Gasteiger partial charge in [0.1, 0.15) is 36.2 Å². The Kier molecular flexibility index (Phi) is 5.61. The first-order valence-electron chi connectivity index (χ1n) is 9.59. The Bertz CT molecular complexity index is 1110. The number of imidazole rings is 2. The van der Waals surface area contributed by atoms with Crippen LogP contribution < -0.4 is 9.13 Å². The molecule has 0 unspecified atom stereocenters. The molecule has 0 amide bonds. The van der Waals surface area contributed by atoms with E-state index in [0.29, 0.717) is 17.8 Å². The summed E-state index contributed by atoms with van der Waals surface area (Å²) in [6.45, 7) is 0.625. The second-order valence-corrected chi connectivity index (χ2v) is 6.89. The molecule has 2 aromatic carbocycles. The van der Waals surface area contributed by atoms with Crippen molar-refractivity contribution in [2.45, 2.75) is 6.67 Å². The van der Waals surface area contributed by atoms with E-state index in [9.17, 15) is 9.59 Å². The normalized spacial score (nSPS) is 10.6. The third kappa shape index (κ3) is 4.37. The zero-order chi connectivity index (χ0) is 21.8. The van der Waals surface area contributed by atoms with Crippen LogP contribution in [0.4, 0.5) is 0 Å². The molecule has 0 radical (unpaired) electrons. The number of esters is 2. The van der Waals surface area contributed by atoms with Crippen LogP contribution in [0.1, 0.15) is 20.7 Å². The summed E-state index contributed by atoms with van der Waals surface area (Å²) in [4.78, 5) is 23.1. The first kappa shape index (κ1) is 20.1. The summed E-state index contributed by atoms with van der Waals surface area (Å²) in [5.74, 6) is -0.704. The number of carbonyl (C=O) groups excluding carboxylic acids is 2.